The van der Waals surface area contributed by atoms with E-state index in [4.69, 9.17) is 4.74 Å². The minimum absolute atomic E-state index is 0.00891. The first-order chi connectivity index (χ1) is 37.0. The topological polar surface area (TPSA) is 95.9 Å². The van der Waals surface area contributed by atoms with Crippen LogP contribution in [0.25, 0.3) is 0 Å². The van der Waals surface area contributed by atoms with Gasteiger partial charge in [-0.3, -0.25) is 9.59 Å². The molecule has 3 N–H and O–H groups in total. The number of ether oxygens (including phenoxy) is 1. The molecule has 0 aliphatic carbocycles. The summed E-state index contributed by atoms with van der Waals surface area (Å²) in [7, 11) is 0. The Balaban J connectivity index is 3.38. The van der Waals surface area contributed by atoms with Crippen molar-refractivity contribution in [2.24, 2.45) is 0 Å². The molecule has 0 bridgehead atoms. The van der Waals surface area contributed by atoms with E-state index in [1.807, 2.05) is 0 Å². The van der Waals surface area contributed by atoms with Gasteiger partial charge >= 0.3 is 5.97 Å². The molecule has 0 aromatic carbocycles. The van der Waals surface area contributed by atoms with Crippen molar-refractivity contribution in [3.63, 3.8) is 0 Å². The molecule has 0 saturated carbocycles. The molecule has 0 aromatic heterocycles. The molecule has 442 valence electrons. The van der Waals surface area contributed by atoms with Crippen molar-refractivity contribution in [2.45, 2.75) is 379 Å². The van der Waals surface area contributed by atoms with Crippen molar-refractivity contribution in [2.75, 3.05) is 13.2 Å². The molecule has 0 aromatic rings. The fourth-order valence-corrected chi connectivity index (χ4v) is 10.5. The molecule has 0 fully saturated rings. The molecule has 2 unspecified atom stereocenters. The highest BCUT2D eigenvalue weighted by molar-refractivity contribution is 5.76. The summed E-state index contributed by atoms with van der Waals surface area (Å²) in [5.41, 5.74) is 0. The minimum Gasteiger partial charge on any atom is -0.466 e. The number of nitrogens with one attached hydrogen (secondary N) is 1. The Morgan fingerprint density at radius 2 is 0.667 bits per heavy atom. The normalized spacial score (nSPS) is 12.7. The van der Waals surface area contributed by atoms with Crippen molar-refractivity contribution in [1.82, 2.24) is 5.32 Å². The van der Waals surface area contributed by atoms with E-state index in [1.54, 1.807) is 0 Å². The van der Waals surface area contributed by atoms with Crippen LogP contribution in [0.15, 0.2) is 36.5 Å². The quantitative estimate of drug-likeness (QED) is 0.0320. The molecule has 2 atom stereocenters. The van der Waals surface area contributed by atoms with E-state index >= 15 is 0 Å². The van der Waals surface area contributed by atoms with Crippen molar-refractivity contribution in [3.05, 3.63) is 36.5 Å². The number of carbonyl (C=O) groups is 2. The molecular weight excluding hydrogens is 923 g/mol. The molecule has 75 heavy (non-hydrogen) atoms. The first kappa shape index (κ1) is 73.1. The fourth-order valence-electron chi connectivity index (χ4n) is 10.5. The largest absolute Gasteiger partial charge is 0.466 e. The van der Waals surface area contributed by atoms with Gasteiger partial charge in [-0.15, -0.1) is 0 Å². The number of aliphatic hydroxyl groups is 2. The van der Waals surface area contributed by atoms with Gasteiger partial charge in [0.1, 0.15) is 0 Å². The summed E-state index contributed by atoms with van der Waals surface area (Å²) in [4.78, 5) is 24.6. The third-order valence-corrected chi connectivity index (χ3v) is 15.7. The van der Waals surface area contributed by atoms with Crippen LogP contribution in [0.3, 0.4) is 0 Å². The Morgan fingerprint density at radius 1 is 0.373 bits per heavy atom. The zero-order chi connectivity index (χ0) is 54.3. The summed E-state index contributed by atoms with van der Waals surface area (Å²) in [5.74, 6) is -0.0264. The van der Waals surface area contributed by atoms with Crippen molar-refractivity contribution < 1.29 is 24.5 Å². The molecule has 0 rings (SSSR count). The smallest absolute Gasteiger partial charge is 0.305 e. The maximum atomic E-state index is 12.5. The van der Waals surface area contributed by atoms with E-state index in [9.17, 15) is 19.8 Å². The number of hydrogen-bond donors (Lipinski definition) is 3. The van der Waals surface area contributed by atoms with Gasteiger partial charge < -0.3 is 20.3 Å². The summed E-state index contributed by atoms with van der Waals surface area (Å²) >= 11 is 0. The van der Waals surface area contributed by atoms with Gasteiger partial charge in [-0.1, -0.05) is 307 Å². The lowest BCUT2D eigenvalue weighted by Gasteiger charge is -2.22. The second kappa shape index (κ2) is 64.6. The molecule has 0 aliphatic heterocycles. The average Bonchev–Trinajstić information content (AvgIpc) is 3.41. The number of carbonyl (C=O) groups excluding carboxylic acids is 2. The Kier molecular flexibility index (Phi) is 63.0. The molecule has 6 nitrogen and oxygen atoms in total. The van der Waals surface area contributed by atoms with Crippen LogP contribution in [-0.4, -0.2) is 47.4 Å². The zero-order valence-corrected chi connectivity index (χ0v) is 50.5. The van der Waals surface area contributed by atoms with Gasteiger partial charge in [-0.2, -0.15) is 0 Å². The lowest BCUT2D eigenvalue weighted by atomic mass is 10.0. The predicted octanol–water partition coefficient (Wildman–Crippen LogP) is 21.5. The number of unbranched alkanes of at least 4 members (excludes halogenated alkanes) is 46. The molecule has 0 saturated heterocycles. The van der Waals surface area contributed by atoms with E-state index in [0.29, 0.717) is 25.9 Å². The lowest BCUT2D eigenvalue weighted by molar-refractivity contribution is -0.143. The second-order valence-electron chi connectivity index (χ2n) is 23.1. The Bertz CT molecular complexity index is 1210. The van der Waals surface area contributed by atoms with Gasteiger partial charge in [0.15, 0.2) is 0 Å². The minimum atomic E-state index is -0.664. The summed E-state index contributed by atoms with van der Waals surface area (Å²) in [6.45, 7) is 4.96. The fraction of sp³-hybridized carbons (Fsp3) is 0.884. The molecule has 0 heterocycles. The summed E-state index contributed by atoms with van der Waals surface area (Å²) in [6, 6.07) is -0.541. The van der Waals surface area contributed by atoms with Crippen LogP contribution in [0.1, 0.15) is 367 Å². The highest BCUT2D eigenvalue weighted by atomic mass is 16.5. The maximum Gasteiger partial charge on any atom is 0.305 e. The lowest BCUT2D eigenvalue weighted by Crippen LogP contribution is -2.45. The van der Waals surface area contributed by atoms with Crippen LogP contribution >= 0.6 is 0 Å². The second-order valence-corrected chi connectivity index (χ2v) is 23.1. The van der Waals surface area contributed by atoms with Crippen LogP contribution < -0.4 is 5.32 Å². The first-order valence-corrected chi connectivity index (χ1v) is 33.7. The molecular formula is C69H131NO5. The number of aliphatic hydroxyl groups excluding tert-OH is 2. The van der Waals surface area contributed by atoms with Crippen LogP contribution in [0, 0.1) is 0 Å². The Labute approximate surface area is 468 Å². The number of esters is 1. The molecule has 0 aliphatic rings. The van der Waals surface area contributed by atoms with Gasteiger partial charge in [0.2, 0.25) is 5.91 Å². The van der Waals surface area contributed by atoms with Gasteiger partial charge in [0, 0.05) is 12.8 Å². The van der Waals surface area contributed by atoms with Crippen LogP contribution in [0.4, 0.5) is 0 Å². The van der Waals surface area contributed by atoms with Gasteiger partial charge in [0.05, 0.1) is 25.4 Å². The Hall–Kier alpha value is -1.92. The van der Waals surface area contributed by atoms with Gasteiger partial charge in [-0.05, 0) is 83.5 Å². The third kappa shape index (κ3) is 61.2. The third-order valence-electron chi connectivity index (χ3n) is 15.7. The van der Waals surface area contributed by atoms with E-state index in [2.05, 4.69) is 55.6 Å². The maximum absolute atomic E-state index is 12.5. The summed E-state index contributed by atoms with van der Waals surface area (Å²) in [5, 5.41) is 23.2. The highest BCUT2D eigenvalue weighted by Crippen LogP contribution is 2.18. The SMILES string of the molecule is CCCCCCCC/C=C\CCCCCCCCCC(=O)OCCCCCCCCCCC/C=C\C/C=C\CCCCCCCCCCCCCCCC(=O)NC(CO)C(O)CCCCCCCCCCCCCC. The highest BCUT2D eigenvalue weighted by Gasteiger charge is 2.20. The van der Waals surface area contributed by atoms with Crippen molar-refractivity contribution >= 4 is 11.9 Å². The summed E-state index contributed by atoms with van der Waals surface area (Å²) in [6.07, 6.45) is 81.8. The van der Waals surface area contributed by atoms with Gasteiger partial charge in [0.25, 0.3) is 0 Å². The molecule has 0 spiro atoms. The van der Waals surface area contributed by atoms with Gasteiger partial charge in [-0.25, -0.2) is 0 Å². The van der Waals surface area contributed by atoms with E-state index in [-0.39, 0.29) is 18.5 Å². The number of rotatable bonds is 63. The van der Waals surface area contributed by atoms with E-state index in [1.165, 1.54) is 283 Å². The Morgan fingerprint density at radius 3 is 1.03 bits per heavy atom. The zero-order valence-electron chi connectivity index (χ0n) is 50.5. The molecule has 1 amide bonds. The summed E-state index contributed by atoms with van der Waals surface area (Å²) < 4.78 is 5.49. The average molecular weight is 1050 g/mol. The standard InChI is InChI=1S/C69H131NO5/c1-3-5-7-9-11-13-15-17-18-32-36-39-43-47-51-55-59-63-69(74)75-64-60-56-52-48-44-40-37-34-31-29-27-25-23-21-19-20-22-24-26-28-30-33-35-38-42-46-50-54-58-62-68(73)70-66(65-71)67(72)61-57-53-49-45-41-16-14-12-10-8-6-4-2/h17-19,21,25,27,66-67,71-72H,3-16,20,22-24,26,28-65H2,1-2H3,(H,70,73)/b18-17-,21-19-,27-25-. The monoisotopic (exact) mass is 1050 g/mol. The van der Waals surface area contributed by atoms with E-state index < -0.39 is 12.1 Å². The van der Waals surface area contributed by atoms with E-state index in [0.717, 1.165) is 51.4 Å². The number of allylic oxidation sites excluding steroid dienone is 6. The van der Waals surface area contributed by atoms with Crippen LogP contribution in [0.2, 0.25) is 0 Å². The van der Waals surface area contributed by atoms with Crippen molar-refractivity contribution in [3.8, 4) is 0 Å². The van der Waals surface area contributed by atoms with Crippen LogP contribution in [-0.2, 0) is 14.3 Å². The first-order valence-electron chi connectivity index (χ1n) is 33.7. The van der Waals surface area contributed by atoms with Crippen molar-refractivity contribution in [1.29, 1.82) is 0 Å². The molecule has 0 radical (unpaired) electrons. The number of hydrogen-bond acceptors (Lipinski definition) is 5. The number of amides is 1. The predicted molar refractivity (Wildman–Crippen MR) is 329 cm³/mol. The molecule has 6 heteroatoms. The van der Waals surface area contributed by atoms with Crippen LogP contribution in [0.5, 0.6) is 0 Å².